The first kappa shape index (κ1) is 12.2. The lowest BCUT2D eigenvalue weighted by molar-refractivity contribution is -0.314. The number of carbonyl (C=O) groups is 1. The molecule has 2 saturated carbocycles. The molecule has 0 aromatic rings. The van der Waals surface area contributed by atoms with Crippen LogP contribution in [0.25, 0.3) is 0 Å². The van der Waals surface area contributed by atoms with Gasteiger partial charge in [0.15, 0.2) is 0 Å². The van der Waals surface area contributed by atoms with E-state index < -0.39 is 17.7 Å². The van der Waals surface area contributed by atoms with Crippen LogP contribution in [-0.4, -0.2) is 17.5 Å². The van der Waals surface area contributed by atoms with Crippen LogP contribution in [0, 0.1) is 17.3 Å². The number of aliphatic carboxylic acids is 1. The van der Waals surface area contributed by atoms with Gasteiger partial charge >= 0.3 is 0 Å². The molecule has 0 N–H and O–H groups in total. The maximum atomic E-state index is 11.4. The number of carboxylic acids is 1. The molecule has 2 unspecified atom stereocenters. The Morgan fingerprint density at radius 1 is 1.16 bits per heavy atom. The second-order valence-electron chi connectivity index (χ2n) is 7.38. The third-order valence-electron chi connectivity index (χ3n) is 5.86. The summed E-state index contributed by atoms with van der Waals surface area (Å²) in [6.45, 7) is 2.32. The van der Waals surface area contributed by atoms with Crippen LogP contribution in [0.3, 0.4) is 0 Å². The molecule has 0 bridgehead atoms. The summed E-state index contributed by atoms with van der Waals surface area (Å²) in [5.41, 5.74) is 0.303. The number of hydrogen-bond acceptors (Lipinski definition) is 4. The molecule has 0 amide bonds. The summed E-state index contributed by atoms with van der Waals surface area (Å²) in [7, 11) is 0. The van der Waals surface area contributed by atoms with Gasteiger partial charge in [-0.1, -0.05) is 26.2 Å². The Morgan fingerprint density at radius 2 is 1.79 bits per heavy atom. The summed E-state index contributed by atoms with van der Waals surface area (Å²) in [4.78, 5) is 11.4. The molecule has 4 fully saturated rings. The Balaban J connectivity index is 1.50. The molecular weight excluding hydrogens is 244 g/mol. The van der Waals surface area contributed by atoms with Crippen LogP contribution in [-0.2, 0) is 14.3 Å². The Bertz CT molecular complexity index is 418. The molecule has 4 heteroatoms. The normalized spacial score (nSPS) is 49.9. The molecule has 0 spiro atoms. The van der Waals surface area contributed by atoms with Crippen LogP contribution < -0.4 is 5.11 Å². The van der Waals surface area contributed by atoms with Gasteiger partial charge in [0.25, 0.3) is 0 Å². The highest BCUT2D eigenvalue weighted by atomic mass is 17.0. The van der Waals surface area contributed by atoms with Crippen LogP contribution in [0.1, 0.15) is 58.3 Å². The smallest absolute Gasteiger partial charge is 0.230 e. The van der Waals surface area contributed by atoms with Crippen LogP contribution in [0.5, 0.6) is 0 Å². The molecule has 106 valence electrons. The number of hydrogen-bond donors (Lipinski definition) is 0. The van der Waals surface area contributed by atoms with Crippen molar-refractivity contribution in [2.45, 2.75) is 69.9 Å². The topological polar surface area (TPSA) is 65.2 Å². The van der Waals surface area contributed by atoms with Crippen LogP contribution >= 0.6 is 0 Å². The van der Waals surface area contributed by atoms with E-state index in [0.29, 0.717) is 11.8 Å². The van der Waals surface area contributed by atoms with Crippen molar-refractivity contribution in [3.8, 4) is 0 Å². The Morgan fingerprint density at radius 3 is 2.42 bits per heavy atom. The van der Waals surface area contributed by atoms with Crippen molar-refractivity contribution >= 4 is 5.97 Å². The van der Waals surface area contributed by atoms with E-state index in [1.54, 1.807) is 0 Å². The predicted octanol–water partition coefficient (Wildman–Crippen LogP) is 1.58. The van der Waals surface area contributed by atoms with Crippen molar-refractivity contribution in [3.63, 3.8) is 0 Å². The van der Waals surface area contributed by atoms with E-state index in [9.17, 15) is 9.90 Å². The fraction of sp³-hybridized carbons (Fsp3) is 0.933. The van der Waals surface area contributed by atoms with Gasteiger partial charge < -0.3 is 19.4 Å². The van der Waals surface area contributed by atoms with Crippen LogP contribution in [0.15, 0.2) is 0 Å². The van der Waals surface area contributed by atoms with Crippen molar-refractivity contribution < 1.29 is 19.4 Å². The molecule has 19 heavy (non-hydrogen) atoms. The molecule has 2 saturated heterocycles. The van der Waals surface area contributed by atoms with Crippen molar-refractivity contribution in [3.05, 3.63) is 0 Å². The average molecular weight is 265 g/mol. The first-order valence-electron chi connectivity index (χ1n) is 7.59. The van der Waals surface area contributed by atoms with Gasteiger partial charge in [0.05, 0.1) is 0 Å². The van der Waals surface area contributed by atoms with Crippen molar-refractivity contribution in [2.75, 3.05) is 0 Å². The minimum Gasteiger partial charge on any atom is -0.550 e. The van der Waals surface area contributed by atoms with Crippen molar-refractivity contribution in [1.29, 1.82) is 0 Å². The summed E-state index contributed by atoms with van der Waals surface area (Å²) in [6, 6.07) is 0. The lowest BCUT2D eigenvalue weighted by Crippen LogP contribution is -2.41. The van der Waals surface area contributed by atoms with E-state index in [1.165, 1.54) is 32.1 Å². The number of rotatable bonds is 3. The van der Waals surface area contributed by atoms with Crippen molar-refractivity contribution in [2.24, 2.45) is 17.3 Å². The van der Waals surface area contributed by atoms with Gasteiger partial charge in [-0.15, -0.1) is 0 Å². The molecule has 4 aliphatic rings. The third-order valence-corrected chi connectivity index (χ3v) is 5.86. The summed E-state index contributed by atoms with van der Waals surface area (Å²) in [5.74, 6) is -2.04. The molecule has 0 radical (unpaired) electrons. The van der Waals surface area contributed by atoms with E-state index in [2.05, 4.69) is 6.92 Å². The van der Waals surface area contributed by atoms with E-state index in [4.69, 9.17) is 9.47 Å². The second-order valence-corrected chi connectivity index (χ2v) is 7.38. The minimum atomic E-state index is -0.918. The largest absolute Gasteiger partial charge is 0.550 e. The Hall–Kier alpha value is -0.610. The van der Waals surface area contributed by atoms with Gasteiger partial charge in [0, 0.05) is 24.7 Å². The summed E-state index contributed by atoms with van der Waals surface area (Å²) in [5, 5.41) is 11.4. The highest BCUT2D eigenvalue weighted by molar-refractivity contribution is 5.69. The molecular formula is C15H21O4-. The lowest BCUT2D eigenvalue weighted by atomic mass is 9.65. The molecule has 4 rings (SSSR count). The summed E-state index contributed by atoms with van der Waals surface area (Å²) >= 11 is 0. The molecule has 2 aliphatic carbocycles. The number of ether oxygens (including phenoxy) is 2. The molecule has 2 heterocycles. The number of carboxylic acid groups (broad SMARTS) is 1. The number of epoxide rings is 2. The zero-order valence-corrected chi connectivity index (χ0v) is 11.4. The fourth-order valence-corrected chi connectivity index (χ4v) is 4.64. The van der Waals surface area contributed by atoms with Gasteiger partial charge in [0.1, 0.15) is 0 Å². The van der Waals surface area contributed by atoms with Gasteiger partial charge in [-0.2, -0.15) is 0 Å². The average Bonchev–Trinajstić information content (AvgIpc) is 3.13. The van der Waals surface area contributed by atoms with Crippen LogP contribution in [0.4, 0.5) is 0 Å². The third kappa shape index (κ3) is 1.69. The monoisotopic (exact) mass is 265 g/mol. The van der Waals surface area contributed by atoms with Crippen LogP contribution in [0.2, 0.25) is 0 Å². The predicted molar refractivity (Wildman–Crippen MR) is 64.7 cm³/mol. The molecule has 2 atom stereocenters. The lowest BCUT2D eigenvalue weighted by Gasteiger charge is -2.39. The van der Waals surface area contributed by atoms with E-state index >= 15 is 0 Å². The highest BCUT2D eigenvalue weighted by Crippen LogP contribution is 2.76. The number of carbonyl (C=O) groups excluding carboxylic acids is 1. The maximum Gasteiger partial charge on any atom is 0.230 e. The summed E-state index contributed by atoms with van der Waals surface area (Å²) < 4.78 is 11.1. The van der Waals surface area contributed by atoms with E-state index in [0.717, 1.165) is 12.8 Å². The van der Waals surface area contributed by atoms with Gasteiger partial charge in [-0.05, 0) is 30.6 Å². The zero-order valence-electron chi connectivity index (χ0n) is 11.4. The molecule has 4 nitrogen and oxygen atoms in total. The zero-order chi connectivity index (χ0) is 13.3. The van der Waals surface area contributed by atoms with Gasteiger partial charge in [-0.25, -0.2) is 0 Å². The van der Waals surface area contributed by atoms with E-state index in [1.807, 2.05) is 0 Å². The second kappa shape index (κ2) is 3.53. The quantitative estimate of drug-likeness (QED) is 0.727. The summed E-state index contributed by atoms with van der Waals surface area (Å²) in [6.07, 6.45) is 8.56. The minimum absolute atomic E-state index is 0.159. The molecule has 0 aromatic heterocycles. The Labute approximate surface area is 113 Å². The first-order valence-corrected chi connectivity index (χ1v) is 7.59. The van der Waals surface area contributed by atoms with E-state index in [-0.39, 0.29) is 11.7 Å². The molecule has 2 aliphatic heterocycles. The standard InChI is InChI=1S/C15H22O4/c1-13(5-3-2-4-6-13)7-10-8-14-15(18-14,19-14)9-11(10)12(16)17/h10-11H,2-9H2,1H3,(H,16,17)/p-1. The Kier molecular flexibility index (Phi) is 2.26. The maximum absolute atomic E-state index is 11.4. The van der Waals surface area contributed by atoms with Crippen molar-refractivity contribution in [1.82, 2.24) is 0 Å². The molecule has 0 aromatic carbocycles. The van der Waals surface area contributed by atoms with Gasteiger partial charge in [-0.3, -0.25) is 0 Å². The first-order chi connectivity index (χ1) is 8.98. The SMILES string of the molecule is CC1(CC2CC34OC3(CC2C(=O)[O-])O4)CCCCC1. The fourth-order valence-electron chi connectivity index (χ4n) is 4.64. The highest BCUT2D eigenvalue weighted by Gasteiger charge is 2.92. The van der Waals surface area contributed by atoms with Gasteiger partial charge in [0.2, 0.25) is 11.6 Å².